The number of aliphatic hydroxyl groups is 1. The Kier molecular flexibility index (Phi) is 6.25. The quantitative estimate of drug-likeness (QED) is 0.402. The van der Waals surface area contributed by atoms with Crippen molar-refractivity contribution in [2.75, 3.05) is 6.54 Å². The molecule has 1 fully saturated rings. The normalized spacial score (nSPS) is 18.3. The predicted octanol–water partition coefficient (Wildman–Crippen LogP) is 4.28. The lowest BCUT2D eigenvalue weighted by molar-refractivity contribution is -0.140. The molecule has 8 heteroatoms. The van der Waals surface area contributed by atoms with Crippen LogP contribution in [0, 0.1) is 0 Å². The van der Waals surface area contributed by atoms with Crippen LogP contribution in [0.1, 0.15) is 30.0 Å². The van der Waals surface area contributed by atoms with Crippen molar-refractivity contribution in [3.8, 4) is 0 Å². The number of ketones is 1. The van der Waals surface area contributed by atoms with E-state index in [0.29, 0.717) is 21.2 Å². The van der Waals surface area contributed by atoms with Gasteiger partial charge in [-0.25, -0.2) is 0 Å². The molecule has 1 aliphatic heterocycles. The monoisotopic (exact) mass is 433 g/mol. The van der Waals surface area contributed by atoms with E-state index in [-0.39, 0.29) is 30.7 Å². The fraction of sp³-hybridized carbons (Fsp3) is 0.190. The molecule has 1 atom stereocenters. The molecular weight excluding hydrogens is 417 g/mol. The van der Waals surface area contributed by atoms with E-state index in [9.17, 15) is 19.5 Å². The second-order valence-electron chi connectivity index (χ2n) is 6.55. The molecule has 2 N–H and O–H groups in total. The van der Waals surface area contributed by atoms with E-state index in [1.807, 2.05) is 0 Å². The smallest absolute Gasteiger partial charge is 0.303 e. The molecule has 1 saturated heterocycles. The number of hydrogen-bond donors (Lipinski definition) is 2. The van der Waals surface area contributed by atoms with Crippen molar-refractivity contribution < 1.29 is 24.6 Å². The highest BCUT2D eigenvalue weighted by molar-refractivity contribution is 6.46. The van der Waals surface area contributed by atoms with E-state index in [1.54, 1.807) is 48.5 Å². The van der Waals surface area contributed by atoms with Crippen molar-refractivity contribution >= 4 is 46.6 Å². The molecule has 2 aromatic carbocycles. The van der Waals surface area contributed by atoms with Gasteiger partial charge >= 0.3 is 5.97 Å². The maximum atomic E-state index is 12.8. The van der Waals surface area contributed by atoms with Crippen molar-refractivity contribution in [2.24, 2.45) is 0 Å². The number of Topliss-reactive ketones (excluding diaryl/α,β-unsaturated/α-hetero) is 1. The van der Waals surface area contributed by atoms with E-state index in [0.717, 1.165) is 0 Å². The topological polar surface area (TPSA) is 94.9 Å². The Bertz CT molecular complexity index is 983. The number of aliphatic hydroxyl groups excluding tert-OH is 1. The summed E-state index contributed by atoms with van der Waals surface area (Å²) in [5.74, 6) is -2.93. The number of aliphatic carboxylic acids is 1. The highest BCUT2D eigenvalue weighted by Gasteiger charge is 2.45. The zero-order valence-electron chi connectivity index (χ0n) is 15.1. The summed E-state index contributed by atoms with van der Waals surface area (Å²) in [4.78, 5) is 37.6. The van der Waals surface area contributed by atoms with Gasteiger partial charge in [0.1, 0.15) is 5.76 Å². The van der Waals surface area contributed by atoms with E-state index in [4.69, 9.17) is 28.3 Å². The minimum atomic E-state index is -0.995. The number of likely N-dealkylation sites (tertiary alicyclic amines) is 1. The van der Waals surface area contributed by atoms with E-state index in [2.05, 4.69) is 0 Å². The standard InChI is InChI=1S/C21H17Cl2NO5/c22-14-7-3-12(4-8-14)18-17(19(27)13-5-9-15(23)10-6-13)20(28)21(29)24(18)11-1-2-16(25)26/h3-10,18,27H,1-2,11H2,(H,25,26)/t18-/m1/s1. The van der Waals surface area contributed by atoms with Crippen LogP contribution in [-0.2, 0) is 14.4 Å². The number of amides is 1. The summed E-state index contributed by atoms with van der Waals surface area (Å²) in [5, 5.41) is 20.7. The lowest BCUT2D eigenvalue weighted by atomic mass is 9.95. The predicted molar refractivity (Wildman–Crippen MR) is 109 cm³/mol. The Labute approximate surface area is 177 Å². The minimum Gasteiger partial charge on any atom is -0.507 e. The fourth-order valence-corrected chi connectivity index (χ4v) is 3.52. The molecule has 0 saturated carbocycles. The van der Waals surface area contributed by atoms with Crippen molar-refractivity contribution in [2.45, 2.75) is 18.9 Å². The average Bonchev–Trinajstić information content (AvgIpc) is 2.93. The van der Waals surface area contributed by atoms with Gasteiger partial charge in [-0.05, 0) is 48.4 Å². The molecule has 0 aromatic heterocycles. The maximum Gasteiger partial charge on any atom is 0.303 e. The number of rotatable bonds is 6. The number of carbonyl (C=O) groups excluding carboxylic acids is 2. The Morgan fingerprint density at radius 3 is 2.03 bits per heavy atom. The van der Waals surface area contributed by atoms with Crippen LogP contribution in [0.25, 0.3) is 5.76 Å². The van der Waals surface area contributed by atoms with Crippen molar-refractivity contribution in [1.82, 2.24) is 4.90 Å². The summed E-state index contributed by atoms with van der Waals surface area (Å²) in [6.45, 7) is 0.0571. The van der Waals surface area contributed by atoms with Crippen molar-refractivity contribution in [3.63, 3.8) is 0 Å². The van der Waals surface area contributed by atoms with Crippen LogP contribution in [0.4, 0.5) is 0 Å². The maximum absolute atomic E-state index is 12.8. The number of carbonyl (C=O) groups is 3. The Hall–Kier alpha value is -2.83. The van der Waals surface area contributed by atoms with Gasteiger partial charge in [0.05, 0.1) is 11.6 Å². The summed E-state index contributed by atoms with van der Waals surface area (Å²) in [7, 11) is 0. The molecule has 0 radical (unpaired) electrons. The summed E-state index contributed by atoms with van der Waals surface area (Å²) >= 11 is 11.8. The second-order valence-corrected chi connectivity index (χ2v) is 7.42. The molecule has 0 bridgehead atoms. The second kappa shape index (κ2) is 8.68. The Morgan fingerprint density at radius 2 is 1.48 bits per heavy atom. The number of halogens is 2. The Morgan fingerprint density at radius 1 is 0.931 bits per heavy atom. The van der Waals surface area contributed by atoms with Gasteiger partial charge in [-0.15, -0.1) is 0 Å². The summed E-state index contributed by atoms with van der Waals surface area (Å²) < 4.78 is 0. The number of carboxylic acids is 1. The fourth-order valence-electron chi connectivity index (χ4n) is 3.27. The van der Waals surface area contributed by atoms with Crippen molar-refractivity contribution in [1.29, 1.82) is 0 Å². The highest BCUT2D eigenvalue weighted by Crippen LogP contribution is 2.39. The van der Waals surface area contributed by atoms with Gasteiger partial charge < -0.3 is 15.1 Å². The molecule has 150 valence electrons. The van der Waals surface area contributed by atoms with Gasteiger partial charge in [-0.2, -0.15) is 0 Å². The molecule has 6 nitrogen and oxygen atoms in total. The van der Waals surface area contributed by atoms with E-state index >= 15 is 0 Å². The molecule has 1 aliphatic rings. The third kappa shape index (κ3) is 4.44. The zero-order chi connectivity index (χ0) is 21.1. The number of nitrogens with zero attached hydrogens (tertiary/aromatic N) is 1. The van der Waals surface area contributed by atoms with Gasteiger partial charge in [-0.3, -0.25) is 14.4 Å². The van der Waals surface area contributed by atoms with Crippen LogP contribution in [0.2, 0.25) is 10.0 Å². The SMILES string of the molecule is O=C(O)CCCN1C(=O)C(=O)C(=C(O)c2ccc(Cl)cc2)[C@H]1c1ccc(Cl)cc1. The van der Waals surface area contributed by atoms with Gasteiger partial charge in [0.15, 0.2) is 0 Å². The number of hydrogen-bond acceptors (Lipinski definition) is 4. The Balaban J connectivity index is 2.08. The third-order valence-corrected chi connectivity index (χ3v) is 5.14. The van der Waals surface area contributed by atoms with Crippen LogP contribution in [0.5, 0.6) is 0 Å². The lowest BCUT2D eigenvalue weighted by Crippen LogP contribution is -2.31. The van der Waals surface area contributed by atoms with Crippen LogP contribution >= 0.6 is 23.2 Å². The summed E-state index contributed by atoms with van der Waals surface area (Å²) in [6, 6.07) is 12.0. The lowest BCUT2D eigenvalue weighted by Gasteiger charge is -2.25. The molecule has 1 heterocycles. The van der Waals surface area contributed by atoms with Gasteiger partial charge in [0.2, 0.25) is 0 Å². The molecule has 29 heavy (non-hydrogen) atoms. The first-order chi connectivity index (χ1) is 13.8. The molecule has 0 unspecified atom stereocenters. The molecule has 2 aromatic rings. The summed E-state index contributed by atoms with van der Waals surface area (Å²) in [6.07, 6.45) is 0.0287. The van der Waals surface area contributed by atoms with Gasteiger partial charge in [0, 0.05) is 28.6 Å². The van der Waals surface area contributed by atoms with E-state index in [1.165, 1.54) is 4.90 Å². The molecule has 0 aliphatic carbocycles. The molecule has 3 rings (SSSR count). The van der Waals surface area contributed by atoms with Gasteiger partial charge in [0.25, 0.3) is 11.7 Å². The first-order valence-corrected chi connectivity index (χ1v) is 9.57. The van der Waals surface area contributed by atoms with Crippen LogP contribution < -0.4 is 0 Å². The van der Waals surface area contributed by atoms with Crippen LogP contribution in [-0.4, -0.2) is 39.3 Å². The average molecular weight is 434 g/mol. The van der Waals surface area contributed by atoms with Crippen LogP contribution in [0.3, 0.4) is 0 Å². The number of carboxylic acid groups (broad SMARTS) is 1. The largest absolute Gasteiger partial charge is 0.507 e. The first-order valence-electron chi connectivity index (χ1n) is 8.81. The zero-order valence-corrected chi connectivity index (χ0v) is 16.7. The molecular formula is C21H17Cl2NO5. The van der Waals surface area contributed by atoms with Crippen molar-refractivity contribution in [3.05, 3.63) is 75.3 Å². The third-order valence-electron chi connectivity index (χ3n) is 4.63. The molecule has 1 amide bonds. The first kappa shape index (κ1) is 20.9. The van der Waals surface area contributed by atoms with E-state index < -0.39 is 23.7 Å². The highest BCUT2D eigenvalue weighted by atomic mass is 35.5. The molecule has 0 spiro atoms. The number of benzene rings is 2. The van der Waals surface area contributed by atoms with Gasteiger partial charge in [-0.1, -0.05) is 35.3 Å². The minimum absolute atomic E-state index is 0.0571. The van der Waals surface area contributed by atoms with Crippen LogP contribution in [0.15, 0.2) is 54.1 Å². The summed E-state index contributed by atoms with van der Waals surface area (Å²) in [5.41, 5.74) is 0.867.